The average Bonchev–Trinajstić information content (AvgIpc) is 2.38. The highest BCUT2D eigenvalue weighted by Crippen LogP contribution is 2.28. The number of aryl methyl sites for hydroxylation is 1. The molecule has 0 aliphatic heterocycles. The summed E-state index contributed by atoms with van der Waals surface area (Å²) in [6.07, 6.45) is 6.31. The van der Waals surface area contributed by atoms with E-state index in [9.17, 15) is 8.42 Å². The summed E-state index contributed by atoms with van der Waals surface area (Å²) in [6.45, 7) is 1.78. The average molecular weight is 314 g/mol. The number of sulfonamides is 1. The first kappa shape index (κ1) is 15.7. The van der Waals surface area contributed by atoms with E-state index in [1.54, 1.807) is 36.9 Å². The molecule has 0 spiro atoms. The number of benzene rings is 1. The number of nitrogen functional groups attached to an aromatic ring is 1. The van der Waals surface area contributed by atoms with Crippen LogP contribution in [0.5, 0.6) is 0 Å². The van der Waals surface area contributed by atoms with Crippen LogP contribution in [-0.2, 0) is 10.0 Å². The molecule has 1 aromatic carbocycles. The maximum absolute atomic E-state index is 12.5. The number of hydrogen-bond acceptors (Lipinski definition) is 4. The normalized spacial score (nSPS) is 23.7. The second-order valence-electron chi connectivity index (χ2n) is 5.31. The van der Waals surface area contributed by atoms with Gasteiger partial charge in [0.05, 0.1) is 4.90 Å². The van der Waals surface area contributed by atoms with Gasteiger partial charge in [-0.15, -0.1) is 0 Å². The van der Waals surface area contributed by atoms with Crippen molar-refractivity contribution in [2.75, 3.05) is 12.0 Å². The maximum atomic E-state index is 12.5. The summed E-state index contributed by atoms with van der Waals surface area (Å²) in [7, 11) is -3.47. The lowest BCUT2D eigenvalue weighted by Gasteiger charge is -2.30. The van der Waals surface area contributed by atoms with Gasteiger partial charge in [-0.1, -0.05) is 12.8 Å². The minimum atomic E-state index is -3.47. The van der Waals surface area contributed by atoms with Gasteiger partial charge in [0.2, 0.25) is 10.0 Å². The Labute approximate surface area is 125 Å². The fourth-order valence-corrected chi connectivity index (χ4v) is 5.31. The van der Waals surface area contributed by atoms with Gasteiger partial charge in [0, 0.05) is 17.0 Å². The summed E-state index contributed by atoms with van der Waals surface area (Å²) in [6, 6.07) is 4.94. The summed E-state index contributed by atoms with van der Waals surface area (Å²) in [5.41, 5.74) is 6.95. The van der Waals surface area contributed by atoms with Crippen LogP contribution in [-0.4, -0.2) is 26.0 Å². The van der Waals surface area contributed by atoms with Gasteiger partial charge in [-0.3, -0.25) is 0 Å². The first-order valence-corrected chi connectivity index (χ1v) is 9.62. The predicted octanol–water partition coefficient (Wildman–Crippen LogP) is 2.53. The fourth-order valence-electron chi connectivity index (χ4n) is 2.75. The van der Waals surface area contributed by atoms with Crippen molar-refractivity contribution >= 4 is 27.5 Å². The van der Waals surface area contributed by atoms with Crippen LogP contribution in [0.4, 0.5) is 5.69 Å². The lowest BCUT2D eigenvalue weighted by atomic mass is 9.96. The molecule has 2 atom stereocenters. The van der Waals surface area contributed by atoms with Crippen LogP contribution in [0.15, 0.2) is 23.1 Å². The van der Waals surface area contributed by atoms with Crippen molar-refractivity contribution in [1.82, 2.24) is 4.72 Å². The van der Waals surface area contributed by atoms with Crippen molar-refractivity contribution in [2.24, 2.45) is 0 Å². The van der Waals surface area contributed by atoms with Crippen molar-refractivity contribution in [3.63, 3.8) is 0 Å². The predicted molar refractivity (Wildman–Crippen MR) is 85.5 cm³/mol. The second-order valence-corrected chi connectivity index (χ2v) is 8.07. The molecule has 1 aliphatic rings. The summed E-state index contributed by atoms with van der Waals surface area (Å²) < 4.78 is 27.9. The van der Waals surface area contributed by atoms with Crippen LogP contribution >= 0.6 is 11.8 Å². The van der Waals surface area contributed by atoms with Crippen LogP contribution in [0.1, 0.15) is 31.2 Å². The highest BCUT2D eigenvalue weighted by atomic mass is 32.2. The molecule has 2 rings (SSSR count). The molecular weight excluding hydrogens is 292 g/mol. The fraction of sp³-hybridized carbons (Fsp3) is 0.571. The molecule has 6 heteroatoms. The second kappa shape index (κ2) is 6.37. The third-order valence-electron chi connectivity index (χ3n) is 3.80. The summed E-state index contributed by atoms with van der Waals surface area (Å²) in [5, 5.41) is 0.368. The molecule has 2 unspecified atom stereocenters. The van der Waals surface area contributed by atoms with Gasteiger partial charge in [0.15, 0.2) is 0 Å². The first-order valence-electron chi connectivity index (χ1n) is 6.85. The van der Waals surface area contributed by atoms with Crippen LogP contribution in [0, 0.1) is 6.92 Å². The molecule has 0 bridgehead atoms. The number of nitrogens with two attached hydrogens (primary N) is 1. The molecular formula is C14H22N2O2S2. The Kier molecular flexibility index (Phi) is 4.99. The Morgan fingerprint density at radius 2 is 2.00 bits per heavy atom. The van der Waals surface area contributed by atoms with E-state index in [2.05, 4.69) is 4.72 Å². The topological polar surface area (TPSA) is 72.2 Å². The molecule has 3 N–H and O–H groups in total. The zero-order valence-corrected chi connectivity index (χ0v) is 13.6. The molecule has 1 aromatic rings. The maximum Gasteiger partial charge on any atom is 0.241 e. The number of nitrogens with one attached hydrogen (secondary N) is 1. The smallest absolute Gasteiger partial charge is 0.241 e. The quantitative estimate of drug-likeness (QED) is 0.838. The van der Waals surface area contributed by atoms with Crippen LogP contribution in [0.25, 0.3) is 0 Å². The molecule has 112 valence electrons. The lowest BCUT2D eigenvalue weighted by molar-refractivity contribution is 0.423. The Bertz CT molecular complexity index is 573. The minimum Gasteiger partial charge on any atom is -0.399 e. The van der Waals surface area contributed by atoms with Gasteiger partial charge in [-0.25, -0.2) is 13.1 Å². The van der Waals surface area contributed by atoms with Gasteiger partial charge in [-0.05, 0) is 49.8 Å². The van der Waals surface area contributed by atoms with Gasteiger partial charge < -0.3 is 5.73 Å². The standard InChI is InChI=1S/C14H22N2O2S2/c1-10-9-11(15)7-8-14(10)20(17,18)16-12-5-3-4-6-13(12)19-2/h7-9,12-13,16H,3-6,15H2,1-2H3. The van der Waals surface area contributed by atoms with E-state index < -0.39 is 10.0 Å². The summed E-state index contributed by atoms with van der Waals surface area (Å²) in [5.74, 6) is 0. The van der Waals surface area contributed by atoms with E-state index in [0.717, 1.165) is 19.3 Å². The third kappa shape index (κ3) is 3.48. The zero-order valence-electron chi connectivity index (χ0n) is 11.9. The Morgan fingerprint density at radius 3 is 2.65 bits per heavy atom. The zero-order chi connectivity index (χ0) is 14.8. The van der Waals surface area contributed by atoms with Crippen molar-refractivity contribution in [2.45, 2.75) is 48.8 Å². The molecule has 0 saturated heterocycles. The van der Waals surface area contributed by atoms with Crippen molar-refractivity contribution in [3.8, 4) is 0 Å². The van der Waals surface area contributed by atoms with Gasteiger partial charge in [-0.2, -0.15) is 11.8 Å². The van der Waals surface area contributed by atoms with E-state index in [-0.39, 0.29) is 6.04 Å². The van der Waals surface area contributed by atoms with Crippen molar-refractivity contribution in [1.29, 1.82) is 0 Å². The molecule has 0 radical (unpaired) electrons. The molecule has 20 heavy (non-hydrogen) atoms. The van der Waals surface area contributed by atoms with E-state index in [4.69, 9.17) is 5.73 Å². The lowest BCUT2D eigenvalue weighted by Crippen LogP contribution is -2.43. The molecule has 0 aromatic heterocycles. The molecule has 1 aliphatic carbocycles. The highest BCUT2D eigenvalue weighted by Gasteiger charge is 2.29. The monoisotopic (exact) mass is 314 g/mol. The first-order chi connectivity index (χ1) is 9.44. The third-order valence-corrected chi connectivity index (χ3v) is 6.62. The Hall–Kier alpha value is -0.720. The van der Waals surface area contributed by atoms with E-state index in [1.807, 2.05) is 6.26 Å². The van der Waals surface area contributed by atoms with Crippen molar-refractivity contribution in [3.05, 3.63) is 23.8 Å². The minimum absolute atomic E-state index is 0.0284. The van der Waals surface area contributed by atoms with Crippen molar-refractivity contribution < 1.29 is 8.42 Å². The Balaban J connectivity index is 2.22. The van der Waals surface area contributed by atoms with Crippen LogP contribution in [0.3, 0.4) is 0 Å². The molecule has 4 nitrogen and oxygen atoms in total. The summed E-state index contributed by atoms with van der Waals surface area (Å²) in [4.78, 5) is 0.331. The number of rotatable bonds is 4. The molecule has 0 amide bonds. The van der Waals surface area contributed by atoms with Gasteiger partial charge in [0.25, 0.3) is 0 Å². The SMILES string of the molecule is CSC1CCCCC1NS(=O)(=O)c1ccc(N)cc1C. The van der Waals surface area contributed by atoms with Gasteiger partial charge >= 0.3 is 0 Å². The Morgan fingerprint density at radius 1 is 1.30 bits per heavy atom. The highest BCUT2D eigenvalue weighted by molar-refractivity contribution is 7.99. The summed E-state index contributed by atoms with van der Waals surface area (Å²) >= 11 is 1.75. The van der Waals surface area contributed by atoms with Crippen LogP contribution in [0.2, 0.25) is 0 Å². The van der Waals surface area contributed by atoms with E-state index in [0.29, 0.717) is 21.4 Å². The number of anilines is 1. The van der Waals surface area contributed by atoms with E-state index in [1.165, 1.54) is 6.42 Å². The molecule has 1 saturated carbocycles. The number of hydrogen-bond donors (Lipinski definition) is 2. The van der Waals surface area contributed by atoms with Crippen LogP contribution < -0.4 is 10.5 Å². The molecule has 1 fully saturated rings. The number of thioether (sulfide) groups is 1. The molecule has 0 heterocycles. The van der Waals surface area contributed by atoms with Gasteiger partial charge in [0.1, 0.15) is 0 Å². The van der Waals surface area contributed by atoms with E-state index >= 15 is 0 Å². The largest absolute Gasteiger partial charge is 0.399 e.